The molecule has 1 atom stereocenters. The summed E-state index contributed by atoms with van der Waals surface area (Å²) in [4.78, 5) is 12.2. The van der Waals surface area contributed by atoms with Crippen molar-refractivity contribution in [2.75, 3.05) is 18.5 Å². The second kappa shape index (κ2) is 8.92. The molecule has 0 bridgehead atoms. The van der Waals surface area contributed by atoms with E-state index in [-0.39, 0.29) is 18.5 Å². The van der Waals surface area contributed by atoms with E-state index in [9.17, 15) is 4.79 Å². The van der Waals surface area contributed by atoms with Crippen molar-refractivity contribution in [3.63, 3.8) is 0 Å². The van der Waals surface area contributed by atoms with Gasteiger partial charge in [-0.15, -0.1) is 0 Å². The van der Waals surface area contributed by atoms with Crippen molar-refractivity contribution in [1.29, 1.82) is 0 Å². The molecular formula is C18H20Cl2N2O2. The van der Waals surface area contributed by atoms with Gasteiger partial charge in [0, 0.05) is 16.1 Å². The molecule has 0 heterocycles. The molecule has 2 N–H and O–H groups in total. The number of carbonyl (C=O) groups is 1. The quantitative estimate of drug-likeness (QED) is 0.747. The molecule has 0 aliphatic rings. The topological polar surface area (TPSA) is 50.4 Å². The van der Waals surface area contributed by atoms with E-state index in [0.29, 0.717) is 28.1 Å². The van der Waals surface area contributed by atoms with Crippen LogP contribution in [0.5, 0.6) is 5.75 Å². The van der Waals surface area contributed by atoms with Crippen LogP contribution in [0.4, 0.5) is 5.69 Å². The van der Waals surface area contributed by atoms with E-state index in [1.165, 1.54) is 0 Å². The Kier molecular flexibility index (Phi) is 6.91. The minimum absolute atomic E-state index is 0.0809. The van der Waals surface area contributed by atoms with Gasteiger partial charge in [-0.05, 0) is 43.7 Å². The van der Waals surface area contributed by atoms with E-state index in [1.807, 2.05) is 44.2 Å². The van der Waals surface area contributed by atoms with Crippen LogP contribution in [0.3, 0.4) is 0 Å². The van der Waals surface area contributed by atoms with E-state index in [4.69, 9.17) is 27.9 Å². The number of ether oxygens (including phenoxy) is 1. The van der Waals surface area contributed by atoms with Crippen LogP contribution in [0, 0.1) is 0 Å². The molecule has 0 saturated carbocycles. The zero-order valence-corrected chi connectivity index (χ0v) is 15.1. The van der Waals surface area contributed by atoms with Crippen molar-refractivity contribution in [2.45, 2.75) is 19.9 Å². The SMILES string of the molecule is CCOc1ccccc1NC(=O)CN[C@H](C)c1ccc(Cl)cc1Cl. The van der Waals surface area contributed by atoms with E-state index < -0.39 is 0 Å². The van der Waals surface area contributed by atoms with E-state index in [2.05, 4.69) is 10.6 Å². The first kappa shape index (κ1) is 18.6. The van der Waals surface area contributed by atoms with Crippen LogP contribution >= 0.6 is 23.2 Å². The number of benzene rings is 2. The average Bonchev–Trinajstić information content (AvgIpc) is 2.55. The molecule has 0 aliphatic heterocycles. The lowest BCUT2D eigenvalue weighted by Crippen LogP contribution is -2.30. The van der Waals surface area contributed by atoms with Crippen LogP contribution in [0.1, 0.15) is 25.5 Å². The normalized spacial score (nSPS) is 11.8. The number of para-hydroxylation sites is 2. The number of rotatable bonds is 7. The predicted octanol–water partition coefficient (Wildman–Crippen LogP) is 4.68. The van der Waals surface area contributed by atoms with Crippen molar-refractivity contribution >= 4 is 34.8 Å². The Morgan fingerprint density at radius 3 is 2.67 bits per heavy atom. The van der Waals surface area contributed by atoms with Gasteiger partial charge in [0.25, 0.3) is 0 Å². The van der Waals surface area contributed by atoms with Crippen molar-refractivity contribution in [1.82, 2.24) is 5.32 Å². The molecule has 0 unspecified atom stereocenters. The fraction of sp³-hybridized carbons (Fsp3) is 0.278. The van der Waals surface area contributed by atoms with Crippen LogP contribution in [0.2, 0.25) is 10.0 Å². The van der Waals surface area contributed by atoms with E-state index in [1.54, 1.807) is 12.1 Å². The van der Waals surface area contributed by atoms with Crippen LogP contribution < -0.4 is 15.4 Å². The second-order valence-corrected chi connectivity index (χ2v) is 6.09. The third-order valence-corrected chi connectivity index (χ3v) is 4.02. The average molecular weight is 367 g/mol. The molecule has 2 rings (SSSR count). The lowest BCUT2D eigenvalue weighted by molar-refractivity contribution is -0.115. The Morgan fingerprint density at radius 2 is 1.96 bits per heavy atom. The van der Waals surface area contributed by atoms with Crippen LogP contribution in [-0.2, 0) is 4.79 Å². The van der Waals surface area contributed by atoms with Crippen LogP contribution in [0.15, 0.2) is 42.5 Å². The zero-order chi connectivity index (χ0) is 17.5. The van der Waals surface area contributed by atoms with Gasteiger partial charge in [-0.25, -0.2) is 0 Å². The molecule has 128 valence electrons. The van der Waals surface area contributed by atoms with Crippen molar-refractivity contribution in [2.24, 2.45) is 0 Å². The number of carbonyl (C=O) groups excluding carboxylic acids is 1. The third kappa shape index (κ3) is 5.13. The summed E-state index contributed by atoms with van der Waals surface area (Å²) >= 11 is 12.1. The molecular weight excluding hydrogens is 347 g/mol. The zero-order valence-electron chi connectivity index (χ0n) is 13.6. The van der Waals surface area contributed by atoms with E-state index >= 15 is 0 Å². The third-order valence-electron chi connectivity index (χ3n) is 3.46. The molecule has 0 saturated heterocycles. The Hall–Kier alpha value is -1.75. The first-order chi connectivity index (χ1) is 11.5. The van der Waals surface area contributed by atoms with Crippen molar-refractivity contribution < 1.29 is 9.53 Å². The van der Waals surface area contributed by atoms with Crippen molar-refractivity contribution in [3.05, 3.63) is 58.1 Å². The summed E-state index contributed by atoms with van der Waals surface area (Å²) in [5.74, 6) is 0.501. The largest absolute Gasteiger partial charge is 0.492 e. The molecule has 0 aliphatic carbocycles. The minimum atomic E-state index is -0.154. The Labute approximate surface area is 152 Å². The van der Waals surface area contributed by atoms with Gasteiger partial charge in [0.1, 0.15) is 5.75 Å². The highest BCUT2D eigenvalue weighted by Crippen LogP contribution is 2.26. The highest BCUT2D eigenvalue weighted by molar-refractivity contribution is 6.35. The first-order valence-electron chi connectivity index (χ1n) is 7.71. The molecule has 2 aromatic carbocycles. The molecule has 0 radical (unpaired) electrons. The number of nitrogens with one attached hydrogen (secondary N) is 2. The smallest absolute Gasteiger partial charge is 0.238 e. The molecule has 0 fully saturated rings. The molecule has 0 aromatic heterocycles. The number of hydrogen-bond acceptors (Lipinski definition) is 3. The molecule has 4 nitrogen and oxygen atoms in total. The molecule has 24 heavy (non-hydrogen) atoms. The van der Waals surface area contributed by atoms with Crippen LogP contribution in [-0.4, -0.2) is 19.1 Å². The maximum atomic E-state index is 12.2. The fourth-order valence-corrected chi connectivity index (χ4v) is 2.83. The molecule has 0 spiro atoms. The molecule has 6 heteroatoms. The van der Waals surface area contributed by atoms with E-state index in [0.717, 1.165) is 5.56 Å². The number of hydrogen-bond donors (Lipinski definition) is 2. The van der Waals surface area contributed by atoms with Gasteiger partial charge in [0.05, 0.1) is 18.8 Å². The lowest BCUT2D eigenvalue weighted by Gasteiger charge is -2.16. The second-order valence-electron chi connectivity index (χ2n) is 5.25. The van der Waals surface area contributed by atoms with Gasteiger partial charge in [-0.2, -0.15) is 0 Å². The lowest BCUT2D eigenvalue weighted by atomic mass is 10.1. The van der Waals surface area contributed by atoms with Crippen molar-refractivity contribution in [3.8, 4) is 5.75 Å². The van der Waals surface area contributed by atoms with Gasteiger partial charge in [-0.1, -0.05) is 41.4 Å². The summed E-state index contributed by atoms with van der Waals surface area (Å²) < 4.78 is 5.49. The molecule has 2 aromatic rings. The maximum Gasteiger partial charge on any atom is 0.238 e. The van der Waals surface area contributed by atoms with Gasteiger partial charge in [0.2, 0.25) is 5.91 Å². The van der Waals surface area contributed by atoms with Gasteiger partial charge in [-0.3, -0.25) is 4.79 Å². The highest BCUT2D eigenvalue weighted by atomic mass is 35.5. The van der Waals surface area contributed by atoms with Gasteiger partial charge >= 0.3 is 0 Å². The number of halogens is 2. The number of anilines is 1. The predicted molar refractivity (Wildman–Crippen MR) is 99.1 cm³/mol. The summed E-state index contributed by atoms with van der Waals surface area (Å²) in [7, 11) is 0. The fourth-order valence-electron chi connectivity index (χ4n) is 2.25. The standard InChI is InChI=1S/C18H20Cl2N2O2/c1-3-24-17-7-5-4-6-16(17)22-18(23)11-21-12(2)14-9-8-13(19)10-15(14)20/h4-10,12,21H,3,11H2,1-2H3,(H,22,23)/t12-/m1/s1. The Balaban J connectivity index is 1.93. The molecule has 1 amide bonds. The monoisotopic (exact) mass is 366 g/mol. The summed E-state index contributed by atoms with van der Waals surface area (Å²) in [6.45, 7) is 4.53. The minimum Gasteiger partial charge on any atom is -0.492 e. The van der Waals surface area contributed by atoms with Gasteiger partial charge < -0.3 is 15.4 Å². The number of amides is 1. The highest BCUT2D eigenvalue weighted by Gasteiger charge is 2.12. The van der Waals surface area contributed by atoms with Gasteiger partial charge in [0.15, 0.2) is 0 Å². The summed E-state index contributed by atoms with van der Waals surface area (Å²) in [6.07, 6.45) is 0. The van der Waals surface area contributed by atoms with Crippen LogP contribution in [0.25, 0.3) is 0 Å². The summed E-state index contributed by atoms with van der Waals surface area (Å²) in [5, 5.41) is 7.15. The Bertz CT molecular complexity index is 707. The first-order valence-corrected chi connectivity index (χ1v) is 8.47. The maximum absolute atomic E-state index is 12.2. The summed E-state index contributed by atoms with van der Waals surface area (Å²) in [5.41, 5.74) is 1.55. The summed E-state index contributed by atoms with van der Waals surface area (Å²) in [6, 6.07) is 12.6. The Morgan fingerprint density at radius 1 is 1.21 bits per heavy atom.